The summed E-state index contributed by atoms with van der Waals surface area (Å²) in [6.07, 6.45) is 5.29. The van der Waals surface area contributed by atoms with Crippen LogP contribution in [0.4, 0.5) is 0 Å². The van der Waals surface area contributed by atoms with E-state index in [9.17, 15) is 9.90 Å². The second kappa shape index (κ2) is 5.35. The summed E-state index contributed by atoms with van der Waals surface area (Å²) in [6.45, 7) is 3.42. The third kappa shape index (κ3) is 2.53. The number of aromatic nitrogens is 4. The van der Waals surface area contributed by atoms with Gasteiger partial charge in [0.15, 0.2) is 11.5 Å². The van der Waals surface area contributed by atoms with Crippen LogP contribution in [0, 0.1) is 5.92 Å². The second-order valence-electron chi connectivity index (χ2n) is 7.12. The van der Waals surface area contributed by atoms with Crippen molar-refractivity contribution >= 4 is 21.8 Å². The van der Waals surface area contributed by atoms with Gasteiger partial charge in [0.1, 0.15) is 4.60 Å². The molecule has 0 unspecified atom stereocenters. The average molecular weight is 392 g/mol. The molecule has 0 saturated heterocycles. The molecule has 1 saturated carbocycles. The minimum atomic E-state index is -0.688. The van der Waals surface area contributed by atoms with E-state index in [2.05, 4.69) is 36.3 Å². The Kier molecular flexibility index (Phi) is 3.50. The number of nitrogens with zero attached hydrogens (tertiary/aromatic N) is 4. The molecular formula is C16H18BrN5O2. The second-order valence-corrected chi connectivity index (χ2v) is 7.94. The van der Waals surface area contributed by atoms with Crippen LogP contribution in [0.2, 0.25) is 0 Å². The van der Waals surface area contributed by atoms with Crippen LogP contribution >= 0.6 is 15.9 Å². The van der Waals surface area contributed by atoms with Gasteiger partial charge in [0.05, 0.1) is 30.2 Å². The highest BCUT2D eigenvalue weighted by atomic mass is 79.9. The van der Waals surface area contributed by atoms with Gasteiger partial charge in [-0.05, 0) is 48.5 Å². The van der Waals surface area contributed by atoms with Gasteiger partial charge >= 0.3 is 0 Å². The monoisotopic (exact) mass is 391 g/mol. The summed E-state index contributed by atoms with van der Waals surface area (Å²) in [5, 5.41) is 16.8. The van der Waals surface area contributed by atoms with E-state index in [1.807, 2.05) is 0 Å². The van der Waals surface area contributed by atoms with Crippen molar-refractivity contribution in [1.29, 1.82) is 0 Å². The molecule has 24 heavy (non-hydrogen) atoms. The number of halogens is 1. The molecule has 2 aromatic rings. The van der Waals surface area contributed by atoms with Gasteiger partial charge in [-0.1, -0.05) is 0 Å². The van der Waals surface area contributed by atoms with Crippen LogP contribution < -0.4 is 5.32 Å². The number of carbonyl (C=O) groups excluding carboxylic acids is 1. The Labute approximate surface area is 147 Å². The lowest BCUT2D eigenvalue weighted by Gasteiger charge is -2.23. The Morgan fingerprint density at radius 2 is 2.25 bits per heavy atom. The number of aliphatic hydroxyl groups excluding tert-OH is 1. The molecule has 2 aromatic heterocycles. The number of nitrogens with one attached hydrogen (secondary N) is 1. The maximum atomic E-state index is 12.7. The number of hydrogen-bond acceptors (Lipinski definition) is 5. The quantitative estimate of drug-likeness (QED) is 0.825. The summed E-state index contributed by atoms with van der Waals surface area (Å²) < 4.78 is 2.41. The number of rotatable bonds is 4. The van der Waals surface area contributed by atoms with Gasteiger partial charge in [-0.3, -0.25) is 4.79 Å². The largest absolute Gasteiger partial charge is 0.394 e. The lowest BCUT2D eigenvalue weighted by molar-refractivity contribution is 0.0863. The van der Waals surface area contributed by atoms with E-state index in [4.69, 9.17) is 0 Å². The zero-order valence-electron chi connectivity index (χ0n) is 13.5. The molecule has 2 N–H and O–H groups in total. The molecule has 2 aliphatic rings. The van der Waals surface area contributed by atoms with Gasteiger partial charge in [-0.15, -0.1) is 0 Å². The lowest BCUT2D eigenvalue weighted by Crippen LogP contribution is -2.46. The van der Waals surface area contributed by atoms with E-state index in [1.54, 1.807) is 30.9 Å². The van der Waals surface area contributed by atoms with E-state index < -0.39 is 5.54 Å². The van der Waals surface area contributed by atoms with Crippen molar-refractivity contribution in [3.63, 3.8) is 0 Å². The molecule has 4 rings (SSSR count). The maximum Gasteiger partial charge on any atom is 0.272 e. The first-order valence-corrected chi connectivity index (χ1v) is 8.72. The molecule has 1 amide bonds. The molecule has 2 aliphatic carbocycles. The first-order chi connectivity index (χ1) is 11.4. The van der Waals surface area contributed by atoms with Crippen LogP contribution in [0.3, 0.4) is 0 Å². The third-order valence-corrected chi connectivity index (χ3v) is 5.06. The minimum Gasteiger partial charge on any atom is -0.394 e. The standard InChI is InChI=1S/C16H18BrN5O2/c1-16(2,7-23)20-15(24)13-10-4-8-3-9(8)14(10)22(21-13)12-6-18-11(17)5-19-12/h5-6,8-9,23H,3-4,7H2,1-2H3,(H,20,24)/t8-,9-/m0/s1. The van der Waals surface area contributed by atoms with Crippen LogP contribution in [0.5, 0.6) is 0 Å². The molecule has 0 aliphatic heterocycles. The predicted molar refractivity (Wildman–Crippen MR) is 90.0 cm³/mol. The highest BCUT2D eigenvalue weighted by Gasteiger charge is 2.50. The van der Waals surface area contributed by atoms with Crippen molar-refractivity contribution in [3.8, 4) is 5.82 Å². The van der Waals surface area contributed by atoms with Crippen LogP contribution in [-0.2, 0) is 6.42 Å². The molecule has 2 heterocycles. The molecule has 8 heteroatoms. The molecule has 1 fully saturated rings. The minimum absolute atomic E-state index is 0.134. The van der Waals surface area contributed by atoms with E-state index >= 15 is 0 Å². The van der Waals surface area contributed by atoms with Gasteiger partial charge in [0, 0.05) is 11.5 Å². The van der Waals surface area contributed by atoms with E-state index in [0.29, 0.717) is 28.0 Å². The maximum absolute atomic E-state index is 12.7. The number of hydrogen-bond donors (Lipinski definition) is 2. The Morgan fingerprint density at radius 1 is 1.46 bits per heavy atom. The Morgan fingerprint density at radius 3 is 2.92 bits per heavy atom. The molecule has 126 valence electrons. The average Bonchev–Trinajstić information content (AvgIpc) is 3.04. The van der Waals surface area contributed by atoms with Gasteiger partial charge in [0.25, 0.3) is 5.91 Å². The summed E-state index contributed by atoms with van der Waals surface area (Å²) in [7, 11) is 0. The van der Waals surface area contributed by atoms with Crippen molar-refractivity contribution in [3.05, 3.63) is 33.9 Å². The first-order valence-electron chi connectivity index (χ1n) is 7.92. The van der Waals surface area contributed by atoms with Crippen LogP contribution in [0.1, 0.15) is 47.9 Å². The zero-order valence-corrected chi connectivity index (χ0v) is 15.0. The van der Waals surface area contributed by atoms with E-state index in [-0.39, 0.29) is 12.5 Å². The molecule has 7 nitrogen and oxygen atoms in total. The van der Waals surface area contributed by atoms with Crippen molar-refractivity contribution in [2.24, 2.45) is 5.92 Å². The SMILES string of the molecule is CC(C)(CO)NC(=O)c1nn(-c2cnc(Br)cn2)c2c1C[C@@H]1C[C@H]21. The summed E-state index contributed by atoms with van der Waals surface area (Å²) in [6, 6.07) is 0. The van der Waals surface area contributed by atoms with Crippen molar-refractivity contribution < 1.29 is 9.90 Å². The smallest absolute Gasteiger partial charge is 0.272 e. The summed E-state index contributed by atoms with van der Waals surface area (Å²) in [5.41, 5.74) is 1.84. The number of amides is 1. The van der Waals surface area contributed by atoms with Crippen molar-refractivity contribution in [2.75, 3.05) is 6.61 Å². The first kappa shape index (κ1) is 15.7. The Balaban J connectivity index is 1.75. The fourth-order valence-electron chi connectivity index (χ4n) is 3.29. The summed E-state index contributed by atoms with van der Waals surface area (Å²) >= 11 is 3.28. The summed E-state index contributed by atoms with van der Waals surface area (Å²) in [4.78, 5) is 21.2. The van der Waals surface area contributed by atoms with E-state index in [1.165, 1.54) is 0 Å². The number of aliphatic hydroxyl groups is 1. The van der Waals surface area contributed by atoms with Gasteiger partial charge in [-0.2, -0.15) is 5.10 Å². The fraction of sp³-hybridized carbons (Fsp3) is 0.500. The van der Waals surface area contributed by atoms with Crippen molar-refractivity contribution in [2.45, 2.75) is 38.1 Å². The molecular weight excluding hydrogens is 374 g/mol. The molecule has 2 atom stereocenters. The molecule has 0 spiro atoms. The summed E-state index contributed by atoms with van der Waals surface area (Å²) in [5.74, 6) is 1.44. The zero-order chi connectivity index (χ0) is 17.1. The third-order valence-electron chi connectivity index (χ3n) is 4.65. The van der Waals surface area contributed by atoms with Crippen LogP contribution in [-0.4, -0.2) is 42.9 Å². The van der Waals surface area contributed by atoms with E-state index in [0.717, 1.165) is 24.1 Å². The van der Waals surface area contributed by atoms with Crippen LogP contribution in [0.15, 0.2) is 17.0 Å². The fourth-order valence-corrected chi connectivity index (χ4v) is 3.50. The molecule has 0 radical (unpaired) electrons. The molecule has 0 bridgehead atoms. The van der Waals surface area contributed by atoms with Gasteiger partial charge in [0.2, 0.25) is 0 Å². The van der Waals surface area contributed by atoms with Crippen LogP contribution in [0.25, 0.3) is 5.82 Å². The van der Waals surface area contributed by atoms with Gasteiger partial charge in [-0.25, -0.2) is 14.6 Å². The lowest BCUT2D eigenvalue weighted by atomic mass is 10.1. The topological polar surface area (TPSA) is 92.9 Å². The van der Waals surface area contributed by atoms with Gasteiger partial charge < -0.3 is 10.4 Å². The number of fused-ring (bicyclic) bond motifs is 3. The molecule has 0 aromatic carbocycles. The highest BCUT2D eigenvalue weighted by molar-refractivity contribution is 9.10. The van der Waals surface area contributed by atoms with Crippen molar-refractivity contribution in [1.82, 2.24) is 25.1 Å². The highest BCUT2D eigenvalue weighted by Crippen LogP contribution is 2.57. The normalized spacial score (nSPS) is 21.3. The number of carbonyl (C=O) groups is 1. The Bertz CT molecular complexity index is 815. The predicted octanol–water partition coefficient (Wildman–Crippen LogP) is 1.59. The Hall–Kier alpha value is -1.80.